The summed E-state index contributed by atoms with van der Waals surface area (Å²) in [5.74, 6) is 2.12. The van der Waals surface area contributed by atoms with E-state index in [1.54, 1.807) is 6.20 Å². The molecule has 30 heavy (non-hydrogen) atoms. The predicted octanol–water partition coefficient (Wildman–Crippen LogP) is 3.80. The van der Waals surface area contributed by atoms with Crippen LogP contribution in [-0.2, 0) is 29.1 Å². The number of amides is 1. The van der Waals surface area contributed by atoms with E-state index in [2.05, 4.69) is 21.7 Å². The number of hydrogen-bond acceptors (Lipinski definition) is 5. The maximum absolute atomic E-state index is 13.2. The average Bonchev–Trinajstić information content (AvgIpc) is 3.17. The highest BCUT2D eigenvalue weighted by Crippen LogP contribution is 2.25. The Morgan fingerprint density at radius 2 is 1.97 bits per heavy atom. The van der Waals surface area contributed by atoms with E-state index in [4.69, 9.17) is 9.15 Å². The highest BCUT2D eigenvalue weighted by molar-refractivity contribution is 5.79. The normalized spacial score (nSPS) is 21.7. The average molecular weight is 412 g/mol. The molecule has 2 fully saturated rings. The van der Waals surface area contributed by atoms with Gasteiger partial charge in [0.05, 0.1) is 25.8 Å². The minimum atomic E-state index is -0.0285. The fourth-order valence-corrected chi connectivity index (χ4v) is 4.60. The number of carbonyl (C=O) groups is 1. The van der Waals surface area contributed by atoms with E-state index in [0.29, 0.717) is 32.3 Å². The van der Waals surface area contributed by atoms with Crippen molar-refractivity contribution in [3.63, 3.8) is 0 Å². The summed E-state index contributed by atoms with van der Waals surface area (Å²) >= 11 is 0. The third-order valence-electron chi connectivity index (χ3n) is 6.21. The summed E-state index contributed by atoms with van der Waals surface area (Å²) in [6.07, 6.45) is 10.4. The fraction of sp³-hybridized carbons (Fsp3) is 0.583. The highest BCUT2D eigenvalue weighted by Gasteiger charge is 2.33. The molecule has 162 valence electrons. The minimum absolute atomic E-state index is 0.0285. The van der Waals surface area contributed by atoms with E-state index >= 15 is 0 Å². The van der Waals surface area contributed by atoms with Crippen LogP contribution in [0.1, 0.15) is 56.1 Å². The molecule has 1 unspecified atom stereocenters. The summed E-state index contributed by atoms with van der Waals surface area (Å²) in [7, 11) is 0. The van der Waals surface area contributed by atoms with Crippen LogP contribution < -0.4 is 0 Å². The lowest BCUT2D eigenvalue weighted by Gasteiger charge is -2.35. The lowest BCUT2D eigenvalue weighted by atomic mass is 9.94. The Bertz CT molecular complexity index is 801. The lowest BCUT2D eigenvalue weighted by Crippen LogP contribution is -2.45. The van der Waals surface area contributed by atoms with Crippen LogP contribution in [0, 0.1) is 0 Å². The number of pyridine rings is 1. The number of hydrogen-bond donors (Lipinski definition) is 0. The fourth-order valence-electron chi connectivity index (χ4n) is 4.60. The van der Waals surface area contributed by atoms with Gasteiger partial charge in [0.25, 0.3) is 0 Å². The molecule has 1 saturated heterocycles. The van der Waals surface area contributed by atoms with Crippen molar-refractivity contribution in [2.75, 3.05) is 19.6 Å². The van der Waals surface area contributed by atoms with Gasteiger partial charge in [-0.1, -0.05) is 32.3 Å². The van der Waals surface area contributed by atoms with E-state index in [1.807, 2.05) is 30.5 Å². The number of rotatable bonds is 7. The van der Waals surface area contributed by atoms with E-state index < -0.39 is 0 Å². The first-order valence-corrected chi connectivity index (χ1v) is 11.3. The molecule has 6 heteroatoms. The summed E-state index contributed by atoms with van der Waals surface area (Å²) in [6, 6.07) is 8.36. The second-order valence-corrected chi connectivity index (χ2v) is 8.52. The summed E-state index contributed by atoms with van der Waals surface area (Å²) in [5.41, 5.74) is 1.06. The number of aromatic nitrogens is 1. The molecule has 0 radical (unpaired) electrons. The van der Waals surface area contributed by atoms with Crippen LogP contribution in [0.2, 0.25) is 0 Å². The summed E-state index contributed by atoms with van der Waals surface area (Å²) < 4.78 is 12.2. The van der Waals surface area contributed by atoms with E-state index in [9.17, 15) is 4.79 Å². The van der Waals surface area contributed by atoms with Gasteiger partial charge in [-0.2, -0.15) is 0 Å². The van der Waals surface area contributed by atoms with Crippen molar-refractivity contribution in [3.8, 4) is 0 Å². The van der Waals surface area contributed by atoms with Crippen molar-refractivity contribution >= 4 is 5.91 Å². The van der Waals surface area contributed by atoms with Crippen molar-refractivity contribution in [3.05, 3.63) is 53.7 Å². The number of aryl methyl sites for hydroxylation is 1. The zero-order valence-corrected chi connectivity index (χ0v) is 18.0. The Labute approximate surface area is 179 Å². The van der Waals surface area contributed by atoms with Crippen LogP contribution in [-0.4, -0.2) is 52.5 Å². The second-order valence-electron chi connectivity index (χ2n) is 8.52. The minimum Gasteiger partial charge on any atom is -0.465 e. The van der Waals surface area contributed by atoms with Crippen LogP contribution in [0.25, 0.3) is 0 Å². The molecule has 6 nitrogen and oxygen atoms in total. The van der Waals surface area contributed by atoms with Gasteiger partial charge in [-0.25, -0.2) is 0 Å². The Kier molecular flexibility index (Phi) is 7.18. The SMILES string of the molecule is CCc1ccc(CN2CC(=O)N(C3CCCCC3)CC(OCc3cccnc3)C2)o1. The Hall–Kier alpha value is -2.18. The third-order valence-corrected chi connectivity index (χ3v) is 6.21. The zero-order chi connectivity index (χ0) is 20.8. The molecule has 1 atom stereocenters. The molecular formula is C24H33N3O3. The molecule has 0 aromatic carbocycles. The largest absolute Gasteiger partial charge is 0.465 e. The van der Waals surface area contributed by atoms with Crippen molar-refractivity contribution < 1.29 is 13.9 Å². The van der Waals surface area contributed by atoms with Crippen molar-refractivity contribution in [1.82, 2.24) is 14.8 Å². The second kappa shape index (κ2) is 10.2. The van der Waals surface area contributed by atoms with Crippen LogP contribution in [0.5, 0.6) is 0 Å². The molecule has 1 aliphatic carbocycles. The molecule has 0 bridgehead atoms. The summed E-state index contributed by atoms with van der Waals surface area (Å²) in [4.78, 5) is 21.6. The Morgan fingerprint density at radius 1 is 1.13 bits per heavy atom. The number of furan rings is 1. The monoisotopic (exact) mass is 411 g/mol. The Balaban J connectivity index is 1.46. The quantitative estimate of drug-likeness (QED) is 0.694. The topological polar surface area (TPSA) is 58.8 Å². The van der Waals surface area contributed by atoms with Crippen LogP contribution >= 0.6 is 0 Å². The molecule has 1 aliphatic heterocycles. The molecule has 2 aromatic rings. The van der Waals surface area contributed by atoms with Gasteiger partial charge in [0.1, 0.15) is 11.5 Å². The summed E-state index contributed by atoms with van der Waals surface area (Å²) in [6.45, 7) is 5.04. The lowest BCUT2D eigenvalue weighted by molar-refractivity contribution is -0.135. The van der Waals surface area contributed by atoms with Crippen molar-refractivity contribution in [2.24, 2.45) is 0 Å². The van der Waals surface area contributed by atoms with Crippen molar-refractivity contribution in [2.45, 2.75) is 70.7 Å². The first kappa shape index (κ1) is 21.1. The predicted molar refractivity (Wildman–Crippen MR) is 115 cm³/mol. The number of nitrogens with zero attached hydrogens (tertiary/aromatic N) is 3. The molecule has 1 amide bonds. The smallest absolute Gasteiger partial charge is 0.237 e. The van der Waals surface area contributed by atoms with Gasteiger partial charge in [-0.15, -0.1) is 0 Å². The van der Waals surface area contributed by atoms with Gasteiger partial charge < -0.3 is 14.1 Å². The number of ether oxygens (including phenoxy) is 1. The van der Waals surface area contributed by atoms with Crippen LogP contribution in [0.4, 0.5) is 0 Å². The summed E-state index contributed by atoms with van der Waals surface area (Å²) in [5, 5.41) is 0. The van der Waals surface area contributed by atoms with Crippen LogP contribution in [0.15, 0.2) is 41.1 Å². The van der Waals surface area contributed by atoms with Gasteiger partial charge in [0, 0.05) is 37.9 Å². The molecule has 1 saturated carbocycles. The first-order valence-electron chi connectivity index (χ1n) is 11.3. The van der Waals surface area contributed by atoms with Gasteiger partial charge in [-0.3, -0.25) is 14.7 Å². The molecule has 0 N–H and O–H groups in total. The molecular weight excluding hydrogens is 378 g/mol. The van der Waals surface area contributed by atoms with Gasteiger partial charge >= 0.3 is 0 Å². The first-order chi connectivity index (χ1) is 14.7. The third kappa shape index (κ3) is 5.49. The van der Waals surface area contributed by atoms with Gasteiger partial charge in [-0.05, 0) is 36.6 Å². The molecule has 4 rings (SSSR count). The van der Waals surface area contributed by atoms with Gasteiger partial charge in [0.15, 0.2) is 0 Å². The molecule has 2 aliphatic rings. The number of carbonyl (C=O) groups excluding carboxylic acids is 1. The zero-order valence-electron chi connectivity index (χ0n) is 18.0. The molecule has 3 heterocycles. The van der Waals surface area contributed by atoms with Crippen LogP contribution in [0.3, 0.4) is 0 Å². The maximum Gasteiger partial charge on any atom is 0.237 e. The maximum atomic E-state index is 13.2. The van der Waals surface area contributed by atoms with Gasteiger partial charge in [0.2, 0.25) is 5.91 Å². The molecule has 0 spiro atoms. The Morgan fingerprint density at radius 3 is 2.70 bits per heavy atom. The van der Waals surface area contributed by atoms with E-state index in [-0.39, 0.29) is 12.0 Å². The molecule has 2 aromatic heterocycles. The van der Waals surface area contributed by atoms with E-state index in [0.717, 1.165) is 42.9 Å². The standard InChI is InChI=1S/C24H33N3O3/c1-2-21-10-11-22(30-21)14-26-15-23(29-18-19-7-6-12-25-13-19)16-27(24(28)17-26)20-8-4-3-5-9-20/h6-7,10-13,20,23H,2-5,8-9,14-18H2,1H3. The van der Waals surface area contributed by atoms with Crippen molar-refractivity contribution in [1.29, 1.82) is 0 Å². The highest BCUT2D eigenvalue weighted by atomic mass is 16.5. The van der Waals surface area contributed by atoms with E-state index in [1.165, 1.54) is 19.3 Å².